The van der Waals surface area contributed by atoms with Crippen LogP contribution in [0.3, 0.4) is 0 Å². The number of hydrogen-bond donors (Lipinski definition) is 2. The molecule has 1 heterocycles. The van der Waals surface area contributed by atoms with Crippen molar-refractivity contribution < 1.29 is 22.8 Å². The van der Waals surface area contributed by atoms with Crippen molar-refractivity contribution in [2.75, 3.05) is 16.8 Å². The number of amides is 2. The van der Waals surface area contributed by atoms with Crippen LogP contribution >= 0.6 is 11.6 Å². The van der Waals surface area contributed by atoms with Crippen LogP contribution in [-0.4, -0.2) is 30.6 Å². The molecule has 29 heavy (non-hydrogen) atoms. The second kappa shape index (κ2) is 8.42. The van der Waals surface area contributed by atoms with E-state index in [2.05, 4.69) is 10.6 Å². The highest BCUT2D eigenvalue weighted by atomic mass is 35.5. The summed E-state index contributed by atoms with van der Waals surface area (Å²) in [6, 6.07) is 10.4. The molecule has 0 unspecified atom stereocenters. The molecule has 0 saturated heterocycles. The van der Waals surface area contributed by atoms with Gasteiger partial charge in [0.1, 0.15) is 6.04 Å². The zero-order chi connectivity index (χ0) is 21.2. The monoisotopic (exact) mass is 425 g/mol. The molecular formula is C20H19ClF3N3O2. The van der Waals surface area contributed by atoms with E-state index in [9.17, 15) is 22.8 Å². The first kappa shape index (κ1) is 21.1. The summed E-state index contributed by atoms with van der Waals surface area (Å²) in [4.78, 5) is 25.5. The van der Waals surface area contributed by atoms with Crippen LogP contribution in [0, 0.1) is 0 Å². The third-order valence-corrected chi connectivity index (χ3v) is 4.96. The van der Waals surface area contributed by atoms with E-state index in [4.69, 9.17) is 11.6 Å². The Balaban J connectivity index is 1.85. The minimum absolute atomic E-state index is 0.0200. The number of hydrogen-bond acceptors (Lipinski definition) is 3. The van der Waals surface area contributed by atoms with E-state index in [0.717, 1.165) is 5.56 Å². The lowest BCUT2D eigenvalue weighted by molar-refractivity contribution is -0.157. The van der Waals surface area contributed by atoms with E-state index in [1.54, 1.807) is 37.3 Å². The Morgan fingerprint density at radius 2 is 1.90 bits per heavy atom. The highest BCUT2D eigenvalue weighted by molar-refractivity contribution is 6.30. The van der Waals surface area contributed by atoms with E-state index in [-0.39, 0.29) is 24.0 Å². The average molecular weight is 426 g/mol. The zero-order valence-electron chi connectivity index (χ0n) is 15.5. The van der Waals surface area contributed by atoms with Crippen molar-refractivity contribution in [1.29, 1.82) is 0 Å². The third kappa shape index (κ3) is 4.89. The second-order valence-corrected chi connectivity index (χ2v) is 7.18. The van der Waals surface area contributed by atoms with Gasteiger partial charge in [-0.3, -0.25) is 14.5 Å². The maximum atomic E-state index is 13.7. The number of para-hydroxylation sites is 2. The molecule has 2 aromatic rings. The van der Waals surface area contributed by atoms with Crippen LogP contribution in [0.2, 0.25) is 5.02 Å². The second-order valence-electron chi connectivity index (χ2n) is 6.74. The van der Waals surface area contributed by atoms with Gasteiger partial charge in [-0.2, -0.15) is 13.2 Å². The Morgan fingerprint density at radius 1 is 1.24 bits per heavy atom. The highest BCUT2D eigenvalue weighted by Crippen LogP contribution is 2.37. The number of carbonyl (C=O) groups excluding carboxylic acids is 2. The maximum absolute atomic E-state index is 13.7. The van der Waals surface area contributed by atoms with Crippen LogP contribution in [0.5, 0.6) is 0 Å². The molecule has 0 aromatic heterocycles. The number of anilines is 2. The molecular weight excluding hydrogens is 407 g/mol. The summed E-state index contributed by atoms with van der Waals surface area (Å²) in [6.07, 6.45) is -5.62. The topological polar surface area (TPSA) is 61.4 Å². The summed E-state index contributed by atoms with van der Waals surface area (Å²) >= 11 is 5.86. The van der Waals surface area contributed by atoms with E-state index < -0.39 is 30.5 Å². The predicted octanol–water partition coefficient (Wildman–Crippen LogP) is 4.30. The molecule has 0 bridgehead atoms. The molecule has 2 amide bonds. The van der Waals surface area contributed by atoms with E-state index in [1.165, 1.54) is 18.2 Å². The average Bonchev–Trinajstić information content (AvgIpc) is 2.82. The zero-order valence-corrected chi connectivity index (χ0v) is 16.2. The van der Waals surface area contributed by atoms with Gasteiger partial charge in [-0.05, 0) is 36.8 Å². The van der Waals surface area contributed by atoms with Crippen LogP contribution in [0.1, 0.15) is 24.9 Å². The largest absolute Gasteiger partial charge is 0.409 e. The number of halogens is 4. The highest BCUT2D eigenvalue weighted by Gasteiger charge is 2.48. The first-order valence-corrected chi connectivity index (χ1v) is 9.31. The van der Waals surface area contributed by atoms with E-state index in [1.807, 2.05) is 0 Å². The number of carbonyl (C=O) groups is 2. The van der Waals surface area contributed by atoms with Gasteiger partial charge < -0.3 is 10.6 Å². The number of nitrogens with one attached hydrogen (secondary N) is 2. The van der Waals surface area contributed by atoms with Crippen molar-refractivity contribution in [3.63, 3.8) is 0 Å². The molecule has 3 rings (SSSR count). The lowest BCUT2D eigenvalue weighted by Gasteiger charge is -2.32. The van der Waals surface area contributed by atoms with Gasteiger partial charge in [-0.15, -0.1) is 0 Å². The Bertz CT molecular complexity index is 903. The van der Waals surface area contributed by atoms with Crippen molar-refractivity contribution in [2.24, 2.45) is 0 Å². The molecule has 1 aliphatic rings. The molecule has 2 N–H and O–H groups in total. The Labute approximate surface area is 170 Å². The molecule has 0 aliphatic carbocycles. The fraction of sp³-hybridized carbons (Fsp3) is 0.300. The number of alkyl halides is 3. The van der Waals surface area contributed by atoms with Crippen molar-refractivity contribution in [3.8, 4) is 0 Å². The first-order valence-electron chi connectivity index (χ1n) is 8.93. The Morgan fingerprint density at radius 3 is 2.55 bits per heavy atom. The van der Waals surface area contributed by atoms with Gasteiger partial charge in [0, 0.05) is 11.1 Å². The van der Waals surface area contributed by atoms with Crippen LogP contribution in [0.15, 0.2) is 48.5 Å². The molecule has 0 radical (unpaired) electrons. The summed E-state index contributed by atoms with van der Waals surface area (Å²) in [5.41, 5.74) is 1.03. The summed E-state index contributed by atoms with van der Waals surface area (Å²) in [5, 5.41) is 5.94. The quantitative estimate of drug-likeness (QED) is 0.768. The number of nitrogens with zero attached hydrogens (tertiary/aromatic N) is 1. The van der Waals surface area contributed by atoms with E-state index >= 15 is 0 Å². The first-order chi connectivity index (χ1) is 13.7. The van der Waals surface area contributed by atoms with Crippen molar-refractivity contribution in [3.05, 3.63) is 59.1 Å². The Kier molecular flexibility index (Phi) is 6.14. The minimum atomic E-state index is -4.76. The molecule has 2 aromatic carbocycles. The number of rotatable bonds is 4. The minimum Gasteiger partial charge on any atom is -0.324 e. The van der Waals surface area contributed by atoms with Gasteiger partial charge in [0.25, 0.3) is 0 Å². The van der Waals surface area contributed by atoms with Crippen LogP contribution < -0.4 is 15.5 Å². The molecule has 154 valence electrons. The van der Waals surface area contributed by atoms with Gasteiger partial charge in [0.15, 0.2) is 0 Å². The molecule has 0 spiro atoms. The molecule has 1 aliphatic heterocycles. The lowest BCUT2D eigenvalue weighted by Crippen LogP contribution is -2.52. The smallest absolute Gasteiger partial charge is 0.324 e. The molecule has 5 nitrogen and oxygen atoms in total. The van der Waals surface area contributed by atoms with E-state index in [0.29, 0.717) is 9.92 Å². The Hall–Kier alpha value is -2.58. The molecule has 0 saturated carbocycles. The van der Waals surface area contributed by atoms with Crippen LogP contribution in [-0.2, 0) is 9.59 Å². The maximum Gasteiger partial charge on any atom is 0.409 e. The molecule has 0 fully saturated rings. The van der Waals surface area contributed by atoms with Crippen molar-refractivity contribution in [2.45, 2.75) is 31.6 Å². The summed E-state index contributed by atoms with van der Waals surface area (Å²) in [6.45, 7) is 1.46. The van der Waals surface area contributed by atoms with Crippen LogP contribution in [0.25, 0.3) is 0 Å². The summed E-state index contributed by atoms with van der Waals surface area (Å²) in [7, 11) is 0. The van der Waals surface area contributed by atoms with Gasteiger partial charge >= 0.3 is 6.18 Å². The normalized spacial score (nSPS) is 17.9. The molecule has 9 heteroatoms. The molecule has 2 atom stereocenters. The van der Waals surface area contributed by atoms with Crippen LogP contribution in [0.4, 0.5) is 24.5 Å². The van der Waals surface area contributed by atoms with Gasteiger partial charge in [-0.25, -0.2) is 0 Å². The standard InChI is InChI=1S/C20H19ClF3N3O2/c1-12(13-6-8-14(21)9-7-13)25-11-19(29)27-16-5-3-2-4-15(16)26-18(28)10-17(27)20(22,23)24/h2-9,12,17,25H,10-11H2,1H3,(H,26,28)/t12-,17-/m1/s1. The number of benzene rings is 2. The fourth-order valence-corrected chi connectivity index (χ4v) is 3.32. The summed E-state index contributed by atoms with van der Waals surface area (Å²) in [5.74, 6) is -1.57. The predicted molar refractivity (Wildman–Crippen MR) is 105 cm³/mol. The van der Waals surface area contributed by atoms with Crippen molar-refractivity contribution >= 4 is 34.8 Å². The fourth-order valence-electron chi connectivity index (χ4n) is 3.19. The lowest BCUT2D eigenvalue weighted by atomic mass is 10.1. The van der Waals surface area contributed by atoms with Gasteiger partial charge in [-0.1, -0.05) is 35.9 Å². The van der Waals surface area contributed by atoms with Crippen molar-refractivity contribution in [1.82, 2.24) is 5.32 Å². The van der Waals surface area contributed by atoms with Gasteiger partial charge in [0.05, 0.1) is 24.3 Å². The SMILES string of the molecule is C[C@@H](NCC(=O)N1c2ccccc2NC(=O)C[C@@H]1C(F)(F)F)c1ccc(Cl)cc1. The third-order valence-electron chi connectivity index (χ3n) is 4.70. The number of fused-ring (bicyclic) bond motifs is 1. The van der Waals surface area contributed by atoms with Gasteiger partial charge in [0.2, 0.25) is 11.8 Å². The summed E-state index contributed by atoms with van der Waals surface area (Å²) < 4.78 is 41.1.